The van der Waals surface area contributed by atoms with Gasteiger partial charge >= 0.3 is 0 Å². The van der Waals surface area contributed by atoms with Gasteiger partial charge in [-0.25, -0.2) is 0 Å². The molecule has 1 rings (SSSR count). The summed E-state index contributed by atoms with van der Waals surface area (Å²) < 4.78 is 0.795. The van der Waals surface area contributed by atoms with Crippen LogP contribution >= 0.6 is 27.5 Å². The number of nitrogens with one attached hydrogen (secondary N) is 1. The van der Waals surface area contributed by atoms with Crippen LogP contribution in [0.15, 0.2) is 16.6 Å². The van der Waals surface area contributed by atoms with E-state index in [4.69, 9.17) is 17.3 Å². The largest absolute Gasteiger partial charge is 0.324 e. The van der Waals surface area contributed by atoms with E-state index in [2.05, 4.69) is 21.2 Å². The topological polar surface area (TPSA) is 55.1 Å². The van der Waals surface area contributed by atoms with Crippen LogP contribution in [0.1, 0.15) is 19.4 Å². The predicted octanol–water partition coefficient (Wildman–Crippen LogP) is 3.33. The first-order chi connectivity index (χ1) is 7.82. The molecule has 1 aromatic rings. The maximum Gasteiger partial charge on any atom is 0.241 e. The number of anilines is 1. The highest BCUT2D eigenvalue weighted by atomic mass is 79.9. The van der Waals surface area contributed by atoms with Crippen molar-refractivity contribution in [3.05, 3.63) is 27.2 Å². The summed E-state index contributed by atoms with van der Waals surface area (Å²) in [4.78, 5) is 11.8. The highest BCUT2D eigenvalue weighted by Gasteiger charge is 2.18. The van der Waals surface area contributed by atoms with Crippen LogP contribution in [0, 0.1) is 12.8 Å². The summed E-state index contributed by atoms with van der Waals surface area (Å²) in [6.45, 7) is 5.71. The van der Waals surface area contributed by atoms with Gasteiger partial charge in [-0.2, -0.15) is 0 Å². The summed E-state index contributed by atoms with van der Waals surface area (Å²) >= 11 is 9.39. The van der Waals surface area contributed by atoms with Crippen LogP contribution in [0.2, 0.25) is 5.02 Å². The molecule has 0 heterocycles. The summed E-state index contributed by atoms with van der Waals surface area (Å²) in [6, 6.07) is 3.05. The van der Waals surface area contributed by atoms with Crippen LogP contribution < -0.4 is 11.1 Å². The second-order valence-corrected chi connectivity index (χ2v) is 5.60. The molecule has 0 unspecified atom stereocenters. The van der Waals surface area contributed by atoms with Crippen LogP contribution in [0.25, 0.3) is 0 Å². The van der Waals surface area contributed by atoms with Crippen molar-refractivity contribution in [2.75, 3.05) is 5.32 Å². The highest BCUT2D eigenvalue weighted by molar-refractivity contribution is 9.10. The number of carbonyl (C=O) groups excluding carboxylic acids is 1. The van der Waals surface area contributed by atoms with E-state index in [0.717, 1.165) is 10.0 Å². The Balaban J connectivity index is 2.89. The Morgan fingerprint density at radius 3 is 2.59 bits per heavy atom. The van der Waals surface area contributed by atoms with Crippen molar-refractivity contribution in [1.82, 2.24) is 0 Å². The fourth-order valence-electron chi connectivity index (χ4n) is 1.26. The predicted molar refractivity (Wildman–Crippen MR) is 75.3 cm³/mol. The van der Waals surface area contributed by atoms with Crippen molar-refractivity contribution in [3.63, 3.8) is 0 Å². The molecule has 0 saturated carbocycles. The third-order valence-electron chi connectivity index (χ3n) is 2.53. The quantitative estimate of drug-likeness (QED) is 0.898. The molecule has 0 radical (unpaired) electrons. The normalized spacial score (nSPS) is 12.6. The van der Waals surface area contributed by atoms with Crippen LogP contribution in [-0.4, -0.2) is 11.9 Å². The molecule has 0 fully saturated rings. The first-order valence-electron chi connectivity index (χ1n) is 5.35. The summed E-state index contributed by atoms with van der Waals surface area (Å²) in [5.74, 6) is -0.115. The molecule has 1 atom stereocenters. The van der Waals surface area contributed by atoms with Gasteiger partial charge < -0.3 is 11.1 Å². The number of rotatable bonds is 3. The molecule has 0 aliphatic carbocycles. The third-order valence-corrected chi connectivity index (χ3v) is 3.59. The number of nitrogens with two attached hydrogens (primary N) is 1. The Morgan fingerprint density at radius 2 is 2.06 bits per heavy atom. The van der Waals surface area contributed by atoms with Crippen molar-refractivity contribution in [1.29, 1.82) is 0 Å². The summed E-state index contributed by atoms with van der Waals surface area (Å²) in [6.07, 6.45) is 0. The van der Waals surface area contributed by atoms with Crippen LogP contribution in [0.3, 0.4) is 0 Å². The minimum absolute atomic E-state index is 0.0923. The highest BCUT2D eigenvalue weighted by Crippen LogP contribution is 2.29. The van der Waals surface area contributed by atoms with Gasteiger partial charge in [0.1, 0.15) is 0 Å². The van der Waals surface area contributed by atoms with Gasteiger partial charge in [0.05, 0.1) is 11.7 Å². The molecule has 3 N–H and O–H groups in total. The maximum atomic E-state index is 11.8. The fourth-order valence-corrected chi connectivity index (χ4v) is 1.98. The smallest absolute Gasteiger partial charge is 0.241 e. The molecule has 1 aromatic carbocycles. The molecule has 1 amide bonds. The van der Waals surface area contributed by atoms with Gasteiger partial charge in [0.2, 0.25) is 5.91 Å². The van der Waals surface area contributed by atoms with Gasteiger partial charge in [-0.1, -0.05) is 25.4 Å². The molecule has 0 spiro atoms. The molecule has 94 valence electrons. The zero-order valence-corrected chi connectivity index (χ0v) is 12.4. The Morgan fingerprint density at radius 1 is 1.47 bits per heavy atom. The monoisotopic (exact) mass is 318 g/mol. The molecule has 0 saturated heterocycles. The second kappa shape index (κ2) is 5.85. The zero-order chi connectivity index (χ0) is 13.2. The van der Waals surface area contributed by atoms with Crippen LogP contribution in [0.4, 0.5) is 5.69 Å². The Kier molecular flexibility index (Phi) is 4.98. The van der Waals surface area contributed by atoms with E-state index in [1.165, 1.54) is 0 Å². The fraction of sp³-hybridized carbons (Fsp3) is 0.417. The Bertz CT molecular complexity index is 435. The summed E-state index contributed by atoms with van der Waals surface area (Å²) in [5, 5.41) is 3.38. The number of carbonyl (C=O) groups is 1. The molecule has 0 aliphatic rings. The first kappa shape index (κ1) is 14.5. The molecule has 0 aromatic heterocycles. The summed E-state index contributed by atoms with van der Waals surface area (Å²) in [5.41, 5.74) is 7.35. The number of hydrogen-bond acceptors (Lipinski definition) is 2. The van der Waals surface area contributed by atoms with Gasteiger partial charge in [-0.15, -0.1) is 0 Å². The van der Waals surface area contributed by atoms with Gasteiger partial charge in [0.25, 0.3) is 0 Å². The lowest BCUT2D eigenvalue weighted by molar-refractivity contribution is -0.118. The number of benzene rings is 1. The van der Waals surface area contributed by atoms with E-state index in [1.807, 2.05) is 26.8 Å². The summed E-state index contributed by atoms with van der Waals surface area (Å²) in [7, 11) is 0. The van der Waals surface area contributed by atoms with E-state index in [-0.39, 0.29) is 11.8 Å². The maximum absolute atomic E-state index is 11.8. The zero-order valence-electron chi connectivity index (χ0n) is 10.1. The number of hydrogen-bond donors (Lipinski definition) is 2. The van der Waals surface area contributed by atoms with Gasteiger partial charge in [0, 0.05) is 9.50 Å². The van der Waals surface area contributed by atoms with E-state index in [1.54, 1.807) is 6.07 Å². The van der Waals surface area contributed by atoms with Gasteiger partial charge in [-0.3, -0.25) is 4.79 Å². The number of aryl methyl sites for hydroxylation is 1. The molecular formula is C12H16BrClN2O. The van der Waals surface area contributed by atoms with Crippen molar-refractivity contribution in [3.8, 4) is 0 Å². The molecule has 0 aliphatic heterocycles. The molecule has 17 heavy (non-hydrogen) atoms. The van der Waals surface area contributed by atoms with E-state index >= 15 is 0 Å². The van der Waals surface area contributed by atoms with Crippen molar-refractivity contribution in [2.24, 2.45) is 11.7 Å². The minimum atomic E-state index is -0.526. The van der Waals surface area contributed by atoms with Crippen LogP contribution in [0.5, 0.6) is 0 Å². The van der Waals surface area contributed by atoms with Gasteiger partial charge in [0.15, 0.2) is 0 Å². The molecule has 3 nitrogen and oxygen atoms in total. The van der Waals surface area contributed by atoms with Crippen LogP contribution in [-0.2, 0) is 4.79 Å². The van der Waals surface area contributed by atoms with Crippen molar-refractivity contribution < 1.29 is 4.79 Å². The van der Waals surface area contributed by atoms with Crippen molar-refractivity contribution in [2.45, 2.75) is 26.8 Å². The third kappa shape index (κ3) is 3.69. The average Bonchev–Trinajstić information content (AvgIpc) is 2.24. The molecular weight excluding hydrogens is 304 g/mol. The lowest BCUT2D eigenvalue weighted by atomic mass is 10.0. The Labute approximate surface area is 115 Å². The van der Waals surface area contributed by atoms with E-state index < -0.39 is 6.04 Å². The minimum Gasteiger partial charge on any atom is -0.324 e. The second-order valence-electron chi connectivity index (χ2n) is 4.34. The number of halogens is 2. The molecule has 0 bridgehead atoms. The standard InChI is InChI=1S/C12H16BrClN2O/c1-6(2)11(15)12(17)16-10-5-9(14)7(3)4-8(10)13/h4-6,11H,15H2,1-3H3,(H,16,17)/t11-/m0/s1. The van der Waals surface area contributed by atoms with Gasteiger partial charge in [-0.05, 0) is 46.5 Å². The van der Waals surface area contributed by atoms with E-state index in [9.17, 15) is 4.79 Å². The molecule has 5 heteroatoms. The average molecular weight is 320 g/mol. The van der Waals surface area contributed by atoms with E-state index in [0.29, 0.717) is 10.7 Å². The lowest BCUT2D eigenvalue weighted by Crippen LogP contribution is -2.39. The Hall–Kier alpha value is -0.580. The SMILES string of the molecule is Cc1cc(Br)c(NC(=O)[C@@H](N)C(C)C)cc1Cl. The number of amides is 1. The van der Waals surface area contributed by atoms with Crippen molar-refractivity contribution >= 4 is 39.1 Å². The lowest BCUT2D eigenvalue weighted by Gasteiger charge is -2.16. The first-order valence-corrected chi connectivity index (χ1v) is 6.52.